The predicted octanol–water partition coefficient (Wildman–Crippen LogP) is 5.82. The van der Waals surface area contributed by atoms with E-state index in [1.807, 2.05) is 0 Å². The lowest BCUT2D eigenvalue weighted by atomic mass is 10.1. The monoisotopic (exact) mass is 550 g/mol. The normalized spacial score (nSPS) is 20.1. The van der Waals surface area contributed by atoms with E-state index in [4.69, 9.17) is 11.5 Å². The van der Waals surface area contributed by atoms with E-state index in [1.165, 1.54) is 113 Å². The molecule has 4 N–H and O–H groups in total. The maximum atomic E-state index is 6.08. The van der Waals surface area contributed by atoms with Gasteiger partial charge >= 0.3 is 0 Å². The van der Waals surface area contributed by atoms with E-state index >= 15 is 0 Å². The highest BCUT2D eigenvalue weighted by Gasteiger charge is 2.32. The third-order valence-corrected chi connectivity index (χ3v) is 9.61. The summed E-state index contributed by atoms with van der Waals surface area (Å²) in [7, 11) is 9.72. The SMILES string of the molecule is Cc1cc(N2CCCC2C[N+](C)(C)CCCCCC[N+](C)(C)CC2CCCN2c2ccc(N)c(C)c2)ccc1N. The van der Waals surface area contributed by atoms with Crippen LogP contribution in [0.5, 0.6) is 0 Å². The zero-order valence-electron chi connectivity index (χ0n) is 26.5. The van der Waals surface area contributed by atoms with Gasteiger partial charge in [0.05, 0.1) is 66.5 Å². The lowest BCUT2D eigenvalue weighted by Crippen LogP contribution is -2.50. The zero-order valence-corrected chi connectivity index (χ0v) is 26.5. The average molecular weight is 551 g/mol. The summed E-state index contributed by atoms with van der Waals surface area (Å²) < 4.78 is 2.22. The van der Waals surface area contributed by atoms with Crippen molar-refractivity contribution in [2.24, 2.45) is 0 Å². The molecule has 2 fully saturated rings. The van der Waals surface area contributed by atoms with Gasteiger partial charge in [0.15, 0.2) is 0 Å². The van der Waals surface area contributed by atoms with Gasteiger partial charge in [-0.1, -0.05) is 0 Å². The highest BCUT2D eigenvalue weighted by atomic mass is 15.3. The van der Waals surface area contributed by atoms with Gasteiger partial charge in [-0.05, 0) is 113 Å². The van der Waals surface area contributed by atoms with Gasteiger partial charge in [-0.3, -0.25) is 0 Å². The number of unbranched alkanes of at least 4 members (excludes halogenated alkanes) is 3. The molecule has 2 heterocycles. The van der Waals surface area contributed by atoms with Crippen LogP contribution in [0, 0.1) is 13.8 Å². The van der Waals surface area contributed by atoms with Crippen LogP contribution >= 0.6 is 0 Å². The van der Waals surface area contributed by atoms with Crippen molar-refractivity contribution in [3.63, 3.8) is 0 Å². The van der Waals surface area contributed by atoms with Crippen LogP contribution in [0.2, 0.25) is 0 Å². The first-order valence-corrected chi connectivity index (χ1v) is 15.8. The van der Waals surface area contributed by atoms with E-state index in [1.54, 1.807) is 0 Å². The van der Waals surface area contributed by atoms with Crippen LogP contribution < -0.4 is 21.3 Å². The molecule has 6 heteroatoms. The Kier molecular flexibility index (Phi) is 9.94. The minimum atomic E-state index is 0.628. The number of hydrogen-bond acceptors (Lipinski definition) is 4. The molecule has 0 aromatic heterocycles. The first-order chi connectivity index (χ1) is 18.9. The van der Waals surface area contributed by atoms with Crippen molar-refractivity contribution in [2.75, 3.05) is 88.7 Å². The first-order valence-electron chi connectivity index (χ1n) is 15.8. The Morgan fingerprint density at radius 1 is 0.650 bits per heavy atom. The molecule has 2 aromatic carbocycles. The Balaban J connectivity index is 1.17. The second-order valence-electron chi connectivity index (χ2n) is 14.2. The Hall–Kier alpha value is -2.44. The van der Waals surface area contributed by atoms with Gasteiger partial charge in [-0.2, -0.15) is 0 Å². The van der Waals surface area contributed by atoms with E-state index in [9.17, 15) is 0 Å². The van der Waals surface area contributed by atoms with E-state index in [-0.39, 0.29) is 0 Å². The fourth-order valence-electron chi connectivity index (χ4n) is 7.16. The van der Waals surface area contributed by atoms with E-state index < -0.39 is 0 Å². The molecule has 0 amide bonds. The van der Waals surface area contributed by atoms with Crippen LogP contribution in [0.25, 0.3) is 0 Å². The Labute approximate surface area is 245 Å². The van der Waals surface area contributed by atoms with Gasteiger partial charge in [0.2, 0.25) is 0 Å². The Bertz CT molecular complexity index is 1020. The van der Waals surface area contributed by atoms with Crippen molar-refractivity contribution in [3.05, 3.63) is 47.5 Å². The maximum Gasteiger partial charge on any atom is 0.0989 e. The van der Waals surface area contributed by atoms with Crippen molar-refractivity contribution in [3.8, 4) is 0 Å². The summed E-state index contributed by atoms with van der Waals surface area (Å²) in [6.45, 7) is 11.5. The fraction of sp³-hybridized carbons (Fsp3) is 0.647. The number of anilines is 4. The molecule has 2 atom stereocenters. The molecular formula is C34H58N6+2. The molecule has 0 saturated carbocycles. The number of nitrogens with zero attached hydrogens (tertiary/aromatic N) is 4. The Morgan fingerprint density at radius 2 is 1.05 bits per heavy atom. The third-order valence-electron chi connectivity index (χ3n) is 9.61. The quantitative estimate of drug-likeness (QED) is 0.187. The Morgan fingerprint density at radius 3 is 1.43 bits per heavy atom. The van der Waals surface area contributed by atoms with Crippen LogP contribution in [-0.4, -0.2) is 88.5 Å². The molecule has 0 radical (unpaired) electrons. The van der Waals surface area contributed by atoms with Crippen LogP contribution in [-0.2, 0) is 0 Å². The molecule has 6 nitrogen and oxygen atoms in total. The number of quaternary nitrogens is 2. The average Bonchev–Trinajstić information content (AvgIpc) is 3.53. The van der Waals surface area contributed by atoms with Crippen LogP contribution in [0.1, 0.15) is 62.5 Å². The summed E-state index contributed by atoms with van der Waals surface area (Å²) in [5, 5.41) is 0. The molecule has 0 bridgehead atoms. The molecule has 0 spiro atoms. The van der Waals surface area contributed by atoms with E-state index in [0.29, 0.717) is 12.1 Å². The summed E-state index contributed by atoms with van der Waals surface area (Å²) >= 11 is 0. The molecule has 40 heavy (non-hydrogen) atoms. The second kappa shape index (κ2) is 13.0. The highest BCUT2D eigenvalue weighted by molar-refractivity contribution is 5.60. The van der Waals surface area contributed by atoms with Crippen molar-refractivity contribution < 1.29 is 8.97 Å². The number of nitrogen functional groups attached to an aromatic ring is 2. The highest BCUT2D eigenvalue weighted by Crippen LogP contribution is 2.31. The van der Waals surface area contributed by atoms with Crippen LogP contribution in [0.15, 0.2) is 36.4 Å². The molecule has 2 saturated heterocycles. The van der Waals surface area contributed by atoms with E-state index in [0.717, 1.165) is 20.3 Å². The third kappa shape index (κ3) is 8.07. The van der Waals surface area contributed by atoms with Crippen molar-refractivity contribution in [1.29, 1.82) is 0 Å². The van der Waals surface area contributed by atoms with E-state index in [2.05, 4.69) is 88.2 Å². The number of benzene rings is 2. The maximum absolute atomic E-state index is 6.08. The standard InChI is InChI=1S/C34H58N6/c1-27-23-29(15-17-33(27)35)37-19-11-13-31(37)25-39(3,4)21-9-7-8-10-22-40(5,6)26-32-14-12-20-38(32)30-16-18-34(36)28(2)24-30/h15-18,23-24,31-32H,7-14,19-22,25-26,35-36H2,1-6H3/q+2. The molecule has 222 valence electrons. The zero-order chi connectivity index (χ0) is 28.9. The lowest BCUT2D eigenvalue weighted by Gasteiger charge is -2.37. The molecule has 2 aliphatic heterocycles. The number of rotatable bonds is 13. The smallest absolute Gasteiger partial charge is 0.0989 e. The minimum Gasteiger partial charge on any atom is -0.399 e. The molecule has 4 rings (SSSR count). The summed E-state index contributed by atoms with van der Waals surface area (Å²) in [5.41, 5.74) is 19.0. The number of likely N-dealkylation sites (N-methyl/N-ethyl adjacent to an activating group) is 2. The van der Waals surface area contributed by atoms with Crippen molar-refractivity contribution in [1.82, 2.24) is 0 Å². The van der Waals surface area contributed by atoms with Crippen molar-refractivity contribution >= 4 is 22.7 Å². The van der Waals surface area contributed by atoms with Gasteiger partial charge in [-0.15, -0.1) is 0 Å². The predicted molar refractivity (Wildman–Crippen MR) is 174 cm³/mol. The minimum absolute atomic E-state index is 0.628. The lowest BCUT2D eigenvalue weighted by molar-refractivity contribution is -0.892. The summed E-state index contributed by atoms with van der Waals surface area (Å²) in [6, 6.07) is 14.4. The second-order valence-corrected chi connectivity index (χ2v) is 14.2. The number of hydrogen-bond donors (Lipinski definition) is 2. The molecular weight excluding hydrogens is 492 g/mol. The van der Waals surface area contributed by atoms with Gasteiger partial charge in [0, 0.05) is 35.8 Å². The number of aryl methyl sites for hydroxylation is 2. The largest absolute Gasteiger partial charge is 0.399 e. The molecule has 0 aliphatic carbocycles. The fourth-order valence-corrected chi connectivity index (χ4v) is 7.16. The van der Waals surface area contributed by atoms with Crippen LogP contribution in [0.4, 0.5) is 22.7 Å². The topological polar surface area (TPSA) is 58.5 Å². The van der Waals surface area contributed by atoms with Gasteiger partial charge in [0.25, 0.3) is 0 Å². The van der Waals surface area contributed by atoms with Gasteiger partial charge in [0.1, 0.15) is 0 Å². The first kappa shape index (κ1) is 30.5. The van der Waals surface area contributed by atoms with Gasteiger partial charge < -0.3 is 30.2 Å². The summed E-state index contributed by atoms with van der Waals surface area (Å²) in [4.78, 5) is 5.26. The van der Waals surface area contributed by atoms with Gasteiger partial charge in [-0.25, -0.2) is 0 Å². The molecule has 2 unspecified atom stereocenters. The van der Waals surface area contributed by atoms with Crippen LogP contribution in [0.3, 0.4) is 0 Å². The van der Waals surface area contributed by atoms with Crippen molar-refractivity contribution in [2.45, 2.75) is 77.3 Å². The summed E-state index contributed by atoms with van der Waals surface area (Å²) in [5.74, 6) is 0. The molecule has 2 aliphatic rings. The molecule has 2 aromatic rings. The number of nitrogens with two attached hydrogens (primary N) is 2. The summed E-state index contributed by atoms with van der Waals surface area (Å²) in [6.07, 6.45) is 10.5.